The van der Waals surface area contributed by atoms with Crippen molar-refractivity contribution >= 4 is 29.2 Å². The molecule has 9 heteroatoms. The normalized spacial score (nSPS) is 11.0. The van der Waals surface area contributed by atoms with Crippen LogP contribution in [0, 0.1) is 0 Å². The van der Waals surface area contributed by atoms with Gasteiger partial charge in [-0.3, -0.25) is 4.79 Å². The van der Waals surface area contributed by atoms with Crippen LogP contribution in [0.25, 0.3) is 0 Å². The van der Waals surface area contributed by atoms with E-state index in [1.165, 1.54) is 18.2 Å². The van der Waals surface area contributed by atoms with Crippen molar-refractivity contribution in [2.24, 2.45) is 0 Å². The van der Waals surface area contributed by atoms with Crippen LogP contribution in [0.1, 0.15) is 22.8 Å². The Morgan fingerprint density at radius 2 is 1.78 bits per heavy atom. The number of halogens is 4. The number of rotatable bonds is 6. The van der Waals surface area contributed by atoms with E-state index in [0.29, 0.717) is 18.4 Å². The van der Waals surface area contributed by atoms with Gasteiger partial charge in [0.05, 0.1) is 23.4 Å². The molecule has 0 radical (unpaired) electrons. The quantitative estimate of drug-likeness (QED) is 0.721. The van der Waals surface area contributed by atoms with E-state index >= 15 is 0 Å². The molecule has 0 unspecified atom stereocenters. The predicted molar refractivity (Wildman–Crippen MR) is 93.0 cm³/mol. The molecule has 2 rings (SSSR count). The van der Waals surface area contributed by atoms with Crippen molar-refractivity contribution in [3.05, 3.63) is 58.6 Å². The van der Waals surface area contributed by atoms with Crippen molar-refractivity contribution in [1.82, 2.24) is 0 Å². The summed E-state index contributed by atoms with van der Waals surface area (Å²) in [7, 11) is 0. The first-order chi connectivity index (χ1) is 12.7. The minimum atomic E-state index is -4.70. The number of amides is 1. The molecular weight excluding hydrogens is 387 g/mol. The molecule has 0 atom stereocenters. The van der Waals surface area contributed by atoms with Gasteiger partial charge in [-0.15, -0.1) is 0 Å². The molecular formula is C18H15ClF3NO4. The Morgan fingerprint density at radius 1 is 1.11 bits per heavy atom. The molecule has 0 bridgehead atoms. The van der Waals surface area contributed by atoms with Crippen LogP contribution in [0.15, 0.2) is 42.5 Å². The smallest absolute Gasteiger partial charge is 0.418 e. The lowest BCUT2D eigenvalue weighted by molar-refractivity contribution is -0.137. The second-order valence-electron chi connectivity index (χ2n) is 5.27. The molecule has 0 aliphatic carbocycles. The average molecular weight is 402 g/mol. The topological polar surface area (TPSA) is 64.6 Å². The second kappa shape index (κ2) is 8.77. The maximum Gasteiger partial charge on any atom is 0.418 e. The molecule has 2 aromatic carbocycles. The Kier molecular flexibility index (Phi) is 6.68. The summed E-state index contributed by atoms with van der Waals surface area (Å²) in [6.07, 6.45) is -4.70. The van der Waals surface area contributed by atoms with Crippen molar-refractivity contribution in [2.75, 3.05) is 18.5 Å². The Labute approximate surface area is 158 Å². The van der Waals surface area contributed by atoms with Gasteiger partial charge in [0, 0.05) is 5.02 Å². The highest BCUT2D eigenvalue weighted by molar-refractivity contribution is 6.30. The maximum absolute atomic E-state index is 13.0. The van der Waals surface area contributed by atoms with Crippen LogP contribution < -0.4 is 10.1 Å². The van der Waals surface area contributed by atoms with E-state index in [-0.39, 0.29) is 10.6 Å². The highest BCUT2D eigenvalue weighted by Crippen LogP contribution is 2.36. The first kappa shape index (κ1) is 20.6. The van der Waals surface area contributed by atoms with Crippen LogP contribution in [0.3, 0.4) is 0 Å². The molecule has 144 valence electrons. The summed E-state index contributed by atoms with van der Waals surface area (Å²) < 4.78 is 49.0. The monoisotopic (exact) mass is 401 g/mol. The van der Waals surface area contributed by atoms with Crippen molar-refractivity contribution in [1.29, 1.82) is 0 Å². The summed E-state index contributed by atoms with van der Waals surface area (Å²) in [5.41, 5.74) is -1.40. The second-order valence-corrected chi connectivity index (χ2v) is 5.71. The van der Waals surface area contributed by atoms with Crippen molar-refractivity contribution < 1.29 is 32.2 Å². The molecule has 1 N–H and O–H groups in total. The zero-order valence-corrected chi connectivity index (χ0v) is 14.9. The van der Waals surface area contributed by atoms with E-state index in [4.69, 9.17) is 21.1 Å². The van der Waals surface area contributed by atoms with Crippen LogP contribution in [0.2, 0.25) is 5.02 Å². The van der Waals surface area contributed by atoms with E-state index < -0.39 is 35.9 Å². The number of esters is 1. The summed E-state index contributed by atoms with van der Waals surface area (Å²) in [6.45, 7) is 1.53. The summed E-state index contributed by atoms with van der Waals surface area (Å²) in [4.78, 5) is 23.7. The van der Waals surface area contributed by atoms with E-state index in [1.807, 2.05) is 6.92 Å². The van der Waals surface area contributed by atoms with Gasteiger partial charge < -0.3 is 14.8 Å². The molecule has 27 heavy (non-hydrogen) atoms. The lowest BCUT2D eigenvalue weighted by Gasteiger charge is -2.14. The molecule has 0 saturated heterocycles. The zero-order valence-electron chi connectivity index (χ0n) is 14.1. The van der Waals surface area contributed by atoms with Gasteiger partial charge in [0.1, 0.15) is 5.75 Å². The summed E-state index contributed by atoms with van der Waals surface area (Å²) in [5.74, 6) is -1.14. The third-order valence-corrected chi connectivity index (χ3v) is 3.53. The van der Waals surface area contributed by atoms with Crippen LogP contribution in [-0.4, -0.2) is 25.1 Å². The molecule has 1 amide bonds. The number of ether oxygens (including phenoxy) is 2. The van der Waals surface area contributed by atoms with Gasteiger partial charge in [-0.2, -0.15) is 13.2 Å². The highest BCUT2D eigenvalue weighted by atomic mass is 35.5. The van der Waals surface area contributed by atoms with Gasteiger partial charge in [-0.1, -0.05) is 11.6 Å². The number of alkyl halides is 3. The molecule has 0 aliphatic heterocycles. The number of benzene rings is 2. The Bertz CT molecular complexity index is 822. The lowest BCUT2D eigenvalue weighted by Crippen LogP contribution is -2.22. The molecule has 0 aliphatic rings. The van der Waals surface area contributed by atoms with Crippen LogP contribution in [0.4, 0.5) is 18.9 Å². The van der Waals surface area contributed by atoms with E-state index in [1.54, 1.807) is 12.1 Å². The van der Waals surface area contributed by atoms with Crippen molar-refractivity contribution in [2.45, 2.75) is 13.1 Å². The SMILES string of the molecule is CCOc1ccc(C(=O)OCC(=O)Nc2ccc(Cl)cc2C(F)(F)F)cc1. The molecule has 0 aromatic heterocycles. The van der Waals surface area contributed by atoms with E-state index in [2.05, 4.69) is 5.32 Å². The van der Waals surface area contributed by atoms with E-state index in [0.717, 1.165) is 6.07 Å². The summed E-state index contributed by atoms with van der Waals surface area (Å²) >= 11 is 5.57. The number of carbonyl (C=O) groups is 2. The van der Waals surface area contributed by atoms with Gasteiger partial charge in [0.15, 0.2) is 6.61 Å². The number of carbonyl (C=O) groups excluding carboxylic acids is 2. The van der Waals surface area contributed by atoms with Crippen LogP contribution in [-0.2, 0) is 15.7 Å². The number of hydrogen-bond acceptors (Lipinski definition) is 4. The van der Waals surface area contributed by atoms with Gasteiger partial charge in [-0.25, -0.2) is 4.79 Å². The zero-order chi connectivity index (χ0) is 20.0. The summed E-state index contributed by atoms with van der Waals surface area (Å²) in [6, 6.07) is 8.95. The molecule has 0 saturated carbocycles. The van der Waals surface area contributed by atoms with Crippen LogP contribution in [0.5, 0.6) is 5.75 Å². The van der Waals surface area contributed by atoms with Crippen molar-refractivity contribution in [3.8, 4) is 5.75 Å². The van der Waals surface area contributed by atoms with Gasteiger partial charge in [-0.05, 0) is 49.4 Å². The third-order valence-electron chi connectivity index (χ3n) is 3.30. The van der Waals surface area contributed by atoms with Gasteiger partial charge in [0.25, 0.3) is 5.91 Å². The standard InChI is InChI=1S/C18H15ClF3NO4/c1-2-26-13-6-3-11(4-7-13)17(25)27-10-16(24)23-15-8-5-12(19)9-14(15)18(20,21)22/h3-9H,2,10H2,1H3,(H,23,24). The van der Waals surface area contributed by atoms with E-state index in [9.17, 15) is 22.8 Å². The Morgan fingerprint density at radius 3 is 2.37 bits per heavy atom. The number of hydrogen-bond donors (Lipinski definition) is 1. The number of anilines is 1. The predicted octanol–water partition coefficient (Wildman–Crippen LogP) is 4.55. The minimum Gasteiger partial charge on any atom is -0.494 e. The summed E-state index contributed by atoms with van der Waals surface area (Å²) in [5, 5.41) is 1.94. The van der Waals surface area contributed by atoms with Gasteiger partial charge in [0.2, 0.25) is 0 Å². The fourth-order valence-corrected chi connectivity index (χ4v) is 2.29. The molecule has 0 spiro atoms. The minimum absolute atomic E-state index is 0.123. The van der Waals surface area contributed by atoms with Crippen molar-refractivity contribution in [3.63, 3.8) is 0 Å². The lowest BCUT2D eigenvalue weighted by atomic mass is 10.1. The first-order valence-corrected chi connectivity index (χ1v) is 8.15. The molecule has 5 nitrogen and oxygen atoms in total. The molecule has 2 aromatic rings. The highest BCUT2D eigenvalue weighted by Gasteiger charge is 2.34. The van der Waals surface area contributed by atoms with Gasteiger partial charge >= 0.3 is 12.1 Å². The molecule has 0 fully saturated rings. The maximum atomic E-state index is 13.0. The fourth-order valence-electron chi connectivity index (χ4n) is 2.11. The Hall–Kier alpha value is -2.74. The first-order valence-electron chi connectivity index (χ1n) is 7.77. The fraction of sp³-hybridized carbons (Fsp3) is 0.222. The largest absolute Gasteiger partial charge is 0.494 e. The van der Waals surface area contributed by atoms with Crippen LogP contribution >= 0.6 is 11.6 Å². The molecule has 0 heterocycles. The number of nitrogens with one attached hydrogen (secondary N) is 1. The average Bonchev–Trinajstić information content (AvgIpc) is 2.61. The Balaban J connectivity index is 1.97. The third kappa shape index (κ3) is 5.89.